The number of hydrogen-bond donors (Lipinski definition) is 0. The van der Waals surface area contributed by atoms with E-state index in [4.69, 9.17) is 9.47 Å². The molecule has 1 saturated carbocycles. The maximum atomic E-state index is 13.5. The summed E-state index contributed by atoms with van der Waals surface area (Å²) in [5.74, 6) is 1.45. The van der Waals surface area contributed by atoms with Crippen LogP contribution in [0.15, 0.2) is 24.3 Å². The number of methoxy groups -OCH3 is 1. The number of ether oxygens (including phenoxy) is 2. The molecular formula is C23H34N2O4. The third kappa shape index (κ3) is 5.43. The van der Waals surface area contributed by atoms with Crippen molar-refractivity contribution in [2.45, 2.75) is 65.0 Å². The number of anilines is 1. The first-order chi connectivity index (χ1) is 13.7. The van der Waals surface area contributed by atoms with Gasteiger partial charge in [0.1, 0.15) is 11.4 Å². The topological polar surface area (TPSA) is 59.1 Å². The third-order valence-corrected chi connectivity index (χ3v) is 5.80. The Morgan fingerprint density at radius 3 is 2.14 bits per heavy atom. The monoisotopic (exact) mass is 402 g/mol. The minimum atomic E-state index is -0.505. The van der Waals surface area contributed by atoms with Crippen LogP contribution in [0.1, 0.15) is 53.4 Å². The molecule has 0 spiro atoms. The molecule has 3 rings (SSSR count). The Morgan fingerprint density at radius 1 is 1.07 bits per heavy atom. The Kier molecular flexibility index (Phi) is 6.39. The van der Waals surface area contributed by atoms with Crippen LogP contribution < -0.4 is 9.64 Å². The molecule has 1 heterocycles. The summed E-state index contributed by atoms with van der Waals surface area (Å²) < 4.78 is 10.7. The van der Waals surface area contributed by atoms with Crippen LogP contribution in [0.25, 0.3) is 0 Å². The summed E-state index contributed by atoms with van der Waals surface area (Å²) in [5, 5.41) is 0. The summed E-state index contributed by atoms with van der Waals surface area (Å²) in [7, 11) is 1.64. The van der Waals surface area contributed by atoms with E-state index in [-0.39, 0.29) is 24.0 Å². The SMILES string of the molecule is COc1ccc(N(C(=O)C2CCN(C(=O)OC(C)(C)C)CC2)C(C)C2CC2)cc1. The lowest BCUT2D eigenvalue weighted by Crippen LogP contribution is -2.48. The fourth-order valence-electron chi connectivity index (χ4n) is 3.93. The van der Waals surface area contributed by atoms with Gasteiger partial charge in [0.2, 0.25) is 5.91 Å². The van der Waals surface area contributed by atoms with Crippen molar-refractivity contribution in [3.05, 3.63) is 24.3 Å². The first kappa shape index (κ1) is 21.5. The van der Waals surface area contributed by atoms with Crippen molar-refractivity contribution < 1.29 is 19.1 Å². The molecule has 0 aromatic heterocycles. The van der Waals surface area contributed by atoms with Crippen molar-refractivity contribution in [2.24, 2.45) is 11.8 Å². The molecule has 0 bridgehead atoms. The zero-order valence-corrected chi connectivity index (χ0v) is 18.3. The maximum absolute atomic E-state index is 13.5. The Morgan fingerprint density at radius 2 is 1.66 bits per heavy atom. The highest BCUT2D eigenvalue weighted by molar-refractivity contribution is 5.96. The van der Waals surface area contributed by atoms with Crippen molar-refractivity contribution in [1.82, 2.24) is 4.90 Å². The van der Waals surface area contributed by atoms with Gasteiger partial charge in [0.15, 0.2) is 0 Å². The number of carbonyl (C=O) groups is 2. The Hall–Kier alpha value is -2.24. The smallest absolute Gasteiger partial charge is 0.410 e. The van der Waals surface area contributed by atoms with Gasteiger partial charge >= 0.3 is 6.09 Å². The number of nitrogens with zero attached hydrogens (tertiary/aromatic N) is 2. The van der Waals surface area contributed by atoms with Crippen molar-refractivity contribution in [2.75, 3.05) is 25.1 Å². The van der Waals surface area contributed by atoms with Crippen LogP contribution in [0.5, 0.6) is 5.75 Å². The second-order valence-electron chi connectivity index (χ2n) is 9.23. The molecule has 1 saturated heterocycles. The number of benzene rings is 1. The fourth-order valence-corrected chi connectivity index (χ4v) is 3.93. The summed E-state index contributed by atoms with van der Waals surface area (Å²) in [6.07, 6.45) is 3.41. The van der Waals surface area contributed by atoms with Gasteiger partial charge in [-0.1, -0.05) is 0 Å². The maximum Gasteiger partial charge on any atom is 0.410 e. The number of hydrogen-bond acceptors (Lipinski definition) is 4. The van der Waals surface area contributed by atoms with Gasteiger partial charge in [-0.2, -0.15) is 0 Å². The number of piperidine rings is 1. The van der Waals surface area contributed by atoms with Gasteiger partial charge in [-0.15, -0.1) is 0 Å². The molecule has 1 aromatic carbocycles. The van der Waals surface area contributed by atoms with Crippen molar-refractivity contribution in [3.63, 3.8) is 0 Å². The van der Waals surface area contributed by atoms with Crippen LogP contribution in [0.3, 0.4) is 0 Å². The van der Waals surface area contributed by atoms with Crippen LogP contribution in [-0.4, -0.2) is 48.7 Å². The normalized spacial score (nSPS) is 18.9. The molecule has 0 radical (unpaired) electrons. The van der Waals surface area contributed by atoms with E-state index in [1.165, 1.54) is 12.8 Å². The molecule has 1 atom stereocenters. The first-order valence-electron chi connectivity index (χ1n) is 10.6. The van der Waals surface area contributed by atoms with Crippen molar-refractivity contribution in [1.29, 1.82) is 0 Å². The number of rotatable bonds is 5. The van der Waals surface area contributed by atoms with E-state index in [0.717, 1.165) is 11.4 Å². The molecule has 2 fully saturated rings. The van der Waals surface area contributed by atoms with E-state index >= 15 is 0 Å². The highest BCUT2D eigenvalue weighted by atomic mass is 16.6. The van der Waals surface area contributed by atoms with Gasteiger partial charge in [0, 0.05) is 30.7 Å². The van der Waals surface area contributed by atoms with Crippen LogP contribution in [-0.2, 0) is 9.53 Å². The molecule has 29 heavy (non-hydrogen) atoms. The van der Waals surface area contributed by atoms with Crippen LogP contribution in [0, 0.1) is 11.8 Å². The predicted molar refractivity (Wildman–Crippen MR) is 113 cm³/mol. The van der Waals surface area contributed by atoms with Crippen LogP contribution in [0.2, 0.25) is 0 Å². The summed E-state index contributed by atoms with van der Waals surface area (Å²) in [5.41, 5.74) is 0.416. The number of carbonyl (C=O) groups excluding carboxylic acids is 2. The zero-order chi connectivity index (χ0) is 21.2. The van der Waals surface area contributed by atoms with E-state index in [0.29, 0.717) is 31.8 Å². The van der Waals surface area contributed by atoms with Crippen LogP contribution >= 0.6 is 0 Å². The molecule has 160 valence electrons. The minimum Gasteiger partial charge on any atom is -0.497 e. The van der Waals surface area contributed by atoms with Gasteiger partial charge < -0.3 is 19.3 Å². The van der Waals surface area contributed by atoms with Gasteiger partial charge in [-0.3, -0.25) is 4.79 Å². The minimum absolute atomic E-state index is 0.0722. The standard InChI is InChI=1S/C23H34N2O4/c1-16(17-6-7-17)25(19-8-10-20(28-5)11-9-19)21(26)18-12-14-24(15-13-18)22(27)29-23(2,3)4/h8-11,16-18H,6-7,12-15H2,1-5H3. The molecule has 0 N–H and O–H groups in total. The molecule has 2 aliphatic rings. The molecule has 6 nitrogen and oxygen atoms in total. The van der Waals surface area contributed by atoms with Gasteiger partial charge in [-0.05, 0) is 83.6 Å². The second kappa shape index (κ2) is 8.64. The summed E-state index contributed by atoms with van der Waals surface area (Å²) in [4.78, 5) is 29.5. The quantitative estimate of drug-likeness (QED) is 0.729. The Bertz CT molecular complexity index is 713. The lowest BCUT2D eigenvalue weighted by molar-refractivity contribution is -0.124. The average Bonchev–Trinajstić information content (AvgIpc) is 3.52. The van der Waals surface area contributed by atoms with Gasteiger partial charge in [0.05, 0.1) is 7.11 Å². The molecule has 1 aliphatic heterocycles. The zero-order valence-electron chi connectivity index (χ0n) is 18.3. The Balaban J connectivity index is 1.68. The van der Waals surface area contributed by atoms with E-state index in [1.807, 2.05) is 49.9 Å². The van der Waals surface area contributed by atoms with Gasteiger partial charge in [0.25, 0.3) is 0 Å². The largest absolute Gasteiger partial charge is 0.497 e. The number of likely N-dealkylation sites (tertiary alicyclic amines) is 1. The van der Waals surface area contributed by atoms with Gasteiger partial charge in [-0.25, -0.2) is 4.79 Å². The fraction of sp³-hybridized carbons (Fsp3) is 0.652. The Labute approximate surface area is 174 Å². The molecule has 6 heteroatoms. The molecule has 1 unspecified atom stereocenters. The lowest BCUT2D eigenvalue weighted by Gasteiger charge is -2.37. The van der Waals surface area contributed by atoms with E-state index in [1.54, 1.807) is 12.0 Å². The first-order valence-corrected chi connectivity index (χ1v) is 10.6. The van der Waals surface area contributed by atoms with Crippen molar-refractivity contribution in [3.8, 4) is 5.75 Å². The van der Waals surface area contributed by atoms with Crippen molar-refractivity contribution >= 4 is 17.7 Å². The molecule has 1 aromatic rings. The van der Waals surface area contributed by atoms with Crippen LogP contribution in [0.4, 0.5) is 10.5 Å². The van der Waals surface area contributed by atoms with E-state index < -0.39 is 5.60 Å². The second-order valence-corrected chi connectivity index (χ2v) is 9.23. The van der Waals surface area contributed by atoms with E-state index in [9.17, 15) is 9.59 Å². The highest BCUT2D eigenvalue weighted by Crippen LogP contribution is 2.38. The van der Waals surface area contributed by atoms with E-state index in [2.05, 4.69) is 6.92 Å². The highest BCUT2D eigenvalue weighted by Gasteiger charge is 2.39. The number of amides is 2. The molecule has 2 amide bonds. The molecular weight excluding hydrogens is 368 g/mol. The average molecular weight is 403 g/mol. The molecule has 1 aliphatic carbocycles. The third-order valence-electron chi connectivity index (χ3n) is 5.80. The summed E-state index contributed by atoms with van der Waals surface area (Å²) >= 11 is 0. The summed E-state index contributed by atoms with van der Waals surface area (Å²) in [6, 6.07) is 7.91. The summed E-state index contributed by atoms with van der Waals surface area (Å²) in [6.45, 7) is 8.86. The lowest BCUT2D eigenvalue weighted by atomic mass is 9.94. The predicted octanol–water partition coefficient (Wildman–Crippen LogP) is 4.47.